The first-order valence-corrected chi connectivity index (χ1v) is 7.31. The lowest BCUT2D eigenvalue weighted by Crippen LogP contribution is -2.34. The summed E-state index contributed by atoms with van der Waals surface area (Å²) < 4.78 is 11.6. The highest BCUT2D eigenvalue weighted by Gasteiger charge is 2.05. The second-order valence-corrected chi connectivity index (χ2v) is 5.09. The largest absolute Gasteiger partial charge is 0.492 e. The molecule has 21 heavy (non-hydrogen) atoms. The van der Waals surface area contributed by atoms with Gasteiger partial charge in [0, 0.05) is 6.54 Å². The standard InChI is InChI=1S/C18H23NO2/c1-14-8-4-6-10-17(14)20-13-12-19-16(3)21-18-11-7-5-9-15(18)2/h4-11,16,19H,12-13H2,1-3H3. The van der Waals surface area contributed by atoms with Crippen LogP contribution in [0, 0.1) is 13.8 Å². The molecule has 0 spiro atoms. The van der Waals surface area contributed by atoms with Crippen LogP contribution in [0.25, 0.3) is 0 Å². The maximum Gasteiger partial charge on any atom is 0.147 e. The molecule has 0 radical (unpaired) electrons. The van der Waals surface area contributed by atoms with Gasteiger partial charge in [-0.15, -0.1) is 0 Å². The molecule has 3 heteroatoms. The number of ether oxygens (including phenoxy) is 2. The fourth-order valence-electron chi connectivity index (χ4n) is 2.06. The molecule has 0 heterocycles. The van der Waals surface area contributed by atoms with Gasteiger partial charge in [-0.1, -0.05) is 36.4 Å². The van der Waals surface area contributed by atoms with E-state index in [9.17, 15) is 0 Å². The van der Waals surface area contributed by atoms with Crippen LogP contribution in [0.1, 0.15) is 18.1 Å². The molecule has 3 nitrogen and oxygen atoms in total. The number of aryl methyl sites for hydroxylation is 2. The van der Waals surface area contributed by atoms with Gasteiger partial charge in [-0.2, -0.15) is 0 Å². The molecule has 1 unspecified atom stereocenters. The van der Waals surface area contributed by atoms with E-state index in [1.807, 2.05) is 69.3 Å². The lowest BCUT2D eigenvalue weighted by Gasteiger charge is -2.18. The predicted octanol–water partition coefficient (Wildman–Crippen LogP) is 3.70. The minimum absolute atomic E-state index is 0.0495. The minimum atomic E-state index is -0.0495. The lowest BCUT2D eigenvalue weighted by molar-refractivity contribution is 0.171. The number of benzene rings is 2. The Kier molecular flexibility index (Phi) is 5.64. The summed E-state index contributed by atoms with van der Waals surface area (Å²) in [6, 6.07) is 16.1. The first-order valence-electron chi connectivity index (χ1n) is 7.31. The van der Waals surface area contributed by atoms with Gasteiger partial charge in [0.1, 0.15) is 24.3 Å². The van der Waals surface area contributed by atoms with Crippen molar-refractivity contribution in [2.75, 3.05) is 13.2 Å². The number of para-hydroxylation sites is 2. The number of rotatable bonds is 7. The molecule has 1 atom stereocenters. The molecular formula is C18H23NO2. The third-order valence-electron chi connectivity index (χ3n) is 3.28. The maximum absolute atomic E-state index is 5.85. The molecule has 0 bridgehead atoms. The van der Waals surface area contributed by atoms with Crippen LogP contribution < -0.4 is 14.8 Å². The molecule has 112 valence electrons. The van der Waals surface area contributed by atoms with E-state index >= 15 is 0 Å². The van der Waals surface area contributed by atoms with Crippen LogP contribution in [-0.2, 0) is 0 Å². The summed E-state index contributed by atoms with van der Waals surface area (Å²) in [4.78, 5) is 0. The fourth-order valence-corrected chi connectivity index (χ4v) is 2.06. The SMILES string of the molecule is Cc1ccccc1OCCNC(C)Oc1ccccc1C. The highest BCUT2D eigenvalue weighted by Crippen LogP contribution is 2.17. The smallest absolute Gasteiger partial charge is 0.147 e. The van der Waals surface area contributed by atoms with E-state index < -0.39 is 0 Å². The molecule has 0 saturated carbocycles. The molecule has 1 N–H and O–H groups in total. The first kappa shape index (κ1) is 15.4. The zero-order valence-corrected chi connectivity index (χ0v) is 12.9. The Morgan fingerprint density at radius 2 is 1.48 bits per heavy atom. The van der Waals surface area contributed by atoms with Crippen LogP contribution in [0.5, 0.6) is 11.5 Å². The summed E-state index contributed by atoms with van der Waals surface area (Å²) in [7, 11) is 0. The average molecular weight is 285 g/mol. The zero-order valence-electron chi connectivity index (χ0n) is 12.9. The van der Waals surface area contributed by atoms with Gasteiger partial charge in [0.25, 0.3) is 0 Å². The van der Waals surface area contributed by atoms with Gasteiger partial charge in [0.2, 0.25) is 0 Å². The second kappa shape index (κ2) is 7.70. The molecule has 0 aliphatic carbocycles. The summed E-state index contributed by atoms with van der Waals surface area (Å²) in [5.41, 5.74) is 2.30. The molecule has 0 aromatic heterocycles. The minimum Gasteiger partial charge on any atom is -0.492 e. The Hall–Kier alpha value is -2.00. The molecule has 2 aromatic carbocycles. The van der Waals surface area contributed by atoms with Gasteiger partial charge in [0.15, 0.2) is 0 Å². The van der Waals surface area contributed by atoms with Crippen molar-refractivity contribution in [2.45, 2.75) is 27.0 Å². The summed E-state index contributed by atoms with van der Waals surface area (Å²) in [6.07, 6.45) is -0.0495. The highest BCUT2D eigenvalue weighted by molar-refractivity contribution is 5.32. The summed E-state index contributed by atoms with van der Waals surface area (Å²) in [5.74, 6) is 1.85. The maximum atomic E-state index is 5.85. The molecule has 2 aromatic rings. The zero-order chi connectivity index (χ0) is 15.1. The van der Waals surface area contributed by atoms with Crippen LogP contribution in [-0.4, -0.2) is 19.4 Å². The summed E-state index contributed by atoms with van der Waals surface area (Å²) in [6.45, 7) is 7.45. The van der Waals surface area contributed by atoms with Crippen molar-refractivity contribution < 1.29 is 9.47 Å². The van der Waals surface area contributed by atoms with Crippen molar-refractivity contribution in [3.8, 4) is 11.5 Å². The fraction of sp³-hybridized carbons (Fsp3) is 0.333. The highest BCUT2D eigenvalue weighted by atomic mass is 16.5. The molecule has 2 rings (SSSR count). The van der Waals surface area contributed by atoms with Gasteiger partial charge >= 0.3 is 0 Å². The molecular weight excluding hydrogens is 262 g/mol. The van der Waals surface area contributed by atoms with Crippen LogP contribution in [0.4, 0.5) is 0 Å². The van der Waals surface area contributed by atoms with E-state index in [1.54, 1.807) is 0 Å². The Bertz CT molecular complexity index is 569. The summed E-state index contributed by atoms with van der Waals surface area (Å²) in [5, 5.41) is 3.30. The Balaban J connectivity index is 1.71. The van der Waals surface area contributed by atoms with E-state index in [-0.39, 0.29) is 6.23 Å². The van der Waals surface area contributed by atoms with E-state index in [2.05, 4.69) is 5.32 Å². The van der Waals surface area contributed by atoms with E-state index in [0.717, 1.165) is 29.2 Å². The van der Waals surface area contributed by atoms with Gasteiger partial charge in [0.05, 0.1) is 0 Å². The van der Waals surface area contributed by atoms with Gasteiger partial charge in [-0.3, -0.25) is 5.32 Å². The first-order chi connectivity index (χ1) is 10.2. The van der Waals surface area contributed by atoms with Crippen molar-refractivity contribution in [3.05, 3.63) is 59.7 Å². The van der Waals surface area contributed by atoms with Crippen molar-refractivity contribution in [1.29, 1.82) is 0 Å². The third-order valence-corrected chi connectivity index (χ3v) is 3.28. The average Bonchev–Trinajstić information content (AvgIpc) is 2.48. The van der Waals surface area contributed by atoms with Crippen molar-refractivity contribution in [1.82, 2.24) is 5.32 Å². The summed E-state index contributed by atoms with van der Waals surface area (Å²) >= 11 is 0. The van der Waals surface area contributed by atoms with Crippen LogP contribution >= 0.6 is 0 Å². The van der Waals surface area contributed by atoms with Crippen molar-refractivity contribution in [3.63, 3.8) is 0 Å². The Morgan fingerprint density at radius 1 is 0.905 bits per heavy atom. The topological polar surface area (TPSA) is 30.5 Å². The predicted molar refractivity (Wildman–Crippen MR) is 85.9 cm³/mol. The van der Waals surface area contributed by atoms with Crippen molar-refractivity contribution in [2.24, 2.45) is 0 Å². The third kappa shape index (κ3) is 4.80. The van der Waals surface area contributed by atoms with Crippen LogP contribution in [0.3, 0.4) is 0 Å². The van der Waals surface area contributed by atoms with Crippen LogP contribution in [0.15, 0.2) is 48.5 Å². The molecule has 0 fully saturated rings. The molecule has 0 aliphatic heterocycles. The monoisotopic (exact) mass is 285 g/mol. The second-order valence-electron chi connectivity index (χ2n) is 5.09. The lowest BCUT2D eigenvalue weighted by atomic mass is 10.2. The van der Waals surface area contributed by atoms with E-state index in [1.165, 1.54) is 0 Å². The van der Waals surface area contributed by atoms with Gasteiger partial charge in [-0.05, 0) is 44.0 Å². The van der Waals surface area contributed by atoms with Gasteiger partial charge < -0.3 is 9.47 Å². The number of hydrogen-bond acceptors (Lipinski definition) is 3. The Morgan fingerprint density at radius 3 is 2.10 bits per heavy atom. The Labute approximate surface area is 126 Å². The molecule has 0 aliphatic rings. The normalized spacial score (nSPS) is 12.0. The number of nitrogens with one attached hydrogen (secondary N) is 1. The van der Waals surface area contributed by atoms with E-state index in [0.29, 0.717) is 6.61 Å². The van der Waals surface area contributed by atoms with Crippen LogP contribution in [0.2, 0.25) is 0 Å². The van der Waals surface area contributed by atoms with Gasteiger partial charge in [-0.25, -0.2) is 0 Å². The van der Waals surface area contributed by atoms with Crippen molar-refractivity contribution >= 4 is 0 Å². The molecule has 0 amide bonds. The van der Waals surface area contributed by atoms with E-state index in [4.69, 9.17) is 9.47 Å². The quantitative estimate of drug-likeness (QED) is 0.621. The number of hydrogen-bond donors (Lipinski definition) is 1. The molecule has 0 saturated heterocycles.